The Morgan fingerprint density at radius 2 is 2.19 bits per heavy atom. The summed E-state index contributed by atoms with van der Waals surface area (Å²) in [5, 5.41) is 3.53. The highest BCUT2D eigenvalue weighted by Crippen LogP contribution is 2.39. The van der Waals surface area contributed by atoms with E-state index >= 15 is 0 Å². The second kappa shape index (κ2) is 4.76. The Hall–Kier alpha value is -0.540. The van der Waals surface area contributed by atoms with Crippen LogP contribution in [0.25, 0.3) is 0 Å². The molecule has 2 nitrogen and oxygen atoms in total. The molecule has 0 amide bonds. The van der Waals surface area contributed by atoms with Crippen LogP contribution in [0.3, 0.4) is 0 Å². The Labute approximate surface area is 106 Å². The van der Waals surface area contributed by atoms with Gasteiger partial charge in [-0.1, -0.05) is 29.3 Å². The van der Waals surface area contributed by atoms with E-state index in [2.05, 4.69) is 28.2 Å². The highest BCUT2D eigenvalue weighted by atomic mass is 79.9. The Kier molecular flexibility index (Phi) is 3.55. The first-order valence-corrected chi connectivity index (χ1v) is 6.63. The number of benzene rings is 1. The van der Waals surface area contributed by atoms with E-state index in [1.807, 2.05) is 18.2 Å². The molecular weight excluding hydrogens is 264 g/mol. The Morgan fingerprint density at radius 1 is 1.44 bits per heavy atom. The molecule has 3 N–H and O–H groups in total. The molecule has 0 radical (unpaired) electrons. The van der Waals surface area contributed by atoms with Crippen molar-refractivity contribution in [3.05, 3.63) is 28.2 Å². The first-order valence-electron chi connectivity index (χ1n) is 5.84. The molecule has 1 aromatic carbocycles. The van der Waals surface area contributed by atoms with E-state index in [1.165, 1.54) is 24.8 Å². The molecule has 0 bridgehead atoms. The minimum Gasteiger partial charge on any atom is -0.399 e. The minimum atomic E-state index is 0.535. The Morgan fingerprint density at radius 3 is 2.81 bits per heavy atom. The van der Waals surface area contributed by atoms with Gasteiger partial charge in [-0.05, 0) is 42.0 Å². The van der Waals surface area contributed by atoms with Crippen LogP contribution in [0.1, 0.15) is 31.7 Å². The zero-order valence-electron chi connectivity index (χ0n) is 9.72. The molecule has 1 aliphatic rings. The molecule has 1 aliphatic carbocycles. The van der Waals surface area contributed by atoms with Gasteiger partial charge in [-0.25, -0.2) is 0 Å². The van der Waals surface area contributed by atoms with Gasteiger partial charge in [0.2, 0.25) is 0 Å². The maximum absolute atomic E-state index is 5.77. The molecule has 16 heavy (non-hydrogen) atoms. The molecule has 88 valence electrons. The van der Waals surface area contributed by atoms with Crippen molar-refractivity contribution in [2.45, 2.75) is 32.7 Å². The summed E-state index contributed by atoms with van der Waals surface area (Å²) in [5.74, 6) is 0. The summed E-state index contributed by atoms with van der Waals surface area (Å²) in [6.07, 6.45) is 4.11. The van der Waals surface area contributed by atoms with E-state index in [9.17, 15) is 0 Å². The third kappa shape index (κ3) is 2.77. The van der Waals surface area contributed by atoms with Crippen LogP contribution in [0.15, 0.2) is 22.7 Å². The molecule has 0 aliphatic heterocycles. The van der Waals surface area contributed by atoms with Crippen LogP contribution in [0.4, 0.5) is 5.69 Å². The van der Waals surface area contributed by atoms with Crippen molar-refractivity contribution in [1.82, 2.24) is 5.32 Å². The molecule has 1 fully saturated rings. The lowest BCUT2D eigenvalue weighted by molar-refractivity contribution is 0.156. The third-order valence-electron chi connectivity index (χ3n) is 3.50. The van der Waals surface area contributed by atoms with Gasteiger partial charge in [0.15, 0.2) is 0 Å². The maximum Gasteiger partial charge on any atom is 0.0318 e. The average molecular weight is 283 g/mol. The van der Waals surface area contributed by atoms with Crippen LogP contribution in [0.5, 0.6) is 0 Å². The predicted molar refractivity (Wildman–Crippen MR) is 72.2 cm³/mol. The number of nitrogen functional groups attached to an aromatic ring is 1. The second-order valence-electron chi connectivity index (χ2n) is 5.12. The lowest BCUT2D eigenvalue weighted by atomic mass is 9.70. The zero-order valence-corrected chi connectivity index (χ0v) is 11.3. The fourth-order valence-electron chi connectivity index (χ4n) is 2.19. The summed E-state index contributed by atoms with van der Waals surface area (Å²) in [6.45, 7) is 4.35. The third-order valence-corrected chi connectivity index (χ3v) is 4.27. The molecule has 1 aromatic rings. The predicted octanol–water partition coefficient (Wildman–Crippen LogP) is 3.31. The molecule has 0 unspecified atom stereocenters. The van der Waals surface area contributed by atoms with Crippen LogP contribution < -0.4 is 11.1 Å². The summed E-state index contributed by atoms with van der Waals surface area (Å²) in [5.41, 5.74) is 8.38. The van der Waals surface area contributed by atoms with Crippen molar-refractivity contribution in [3.8, 4) is 0 Å². The van der Waals surface area contributed by atoms with Crippen LogP contribution in [-0.2, 0) is 6.54 Å². The fraction of sp³-hybridized carbons (Fsp3) is 0.538. The zero-order chi connectivity index (χ0) is 11.6. The van der Waals surface area contributed by atoms with Crippen molar-refractivity contribution < 1.29 is 0 Å². The summed E-state index contributed by atoms with van der Waals surface area (Å²) < 4.78 is 1.13. The van der Waals surface area contributed by atoms with E-state index in [4.69, 9.17) is 5.73 Å². The van der Waals surface area contributed by atoms with E-state index in [0.29, 0.717) is 5.41 Å². The SMILES string of the molecule is CC1(CNCc2cc(N)ccc2Br)CCC1. The second-order valence-corrected chi connectivity index (χ2v) is 5.97. The lowest BCUT2D eigenvalue weighted by Crippen LogP contribution is -2.37. The number of anilines is 1. The van der Waals surface area contributed by atoms with Gasteiger partial charge in [0, 0.05) is 23.2 Å². The van der Waals surface area contributed by atoms with Crippen LogP contribution in [0, 0.1) is 5.41 Å². The number of rotatable bonds is 4. The molecule has 1 saturated carbocycles. The molecule has 0 aromatic heterocycles. The maximum atomic E-state index is 5.77. The first kappa shape index (κ1) is 11.9. The average Bonchev–Trinajstić information content (AvgIpc) is 2.21. The van der Waals surface area contributed by atoms with Crippen LogP contribution >= 0.6 is 15.9 Å². The van der Waals surface area contributed by atoms with Gasteiger partial charge in [-0.2, -0.15) is 0 Å². The first-order chi connectivity index (χ1) is 7.59. The number of halogens is 1. The smallest absolute Gasteiger partial charge is 0.0318 e. The molecule has 0 spiro atoms. The van der Waals surface area contributed by atoms with Crippen LogP contribution in [-0.4, -0.2) is 6.54 Å². The largest absolute Gasteiger partial charge is 0.399 e. The number of hydrogen-bond acceptors (Lipinski definition) is 2. The summed E-state index contributed by atoms with van der Waals surface area (Å²) >= 11 is 3.55. The summed E-state index contributed by atoms with van der Waals surface area (Å²) in [6, 6.07) is 5.96. The molecule has 0 heterocycles. The van der Waals surface area contributed by atoms with E-state index in [-0.39, 0.29) is 0 Å². The van der Waals surface area contributed by atoms with Gasteiger partial charge in [-0.15, -0.1) is 0 Å². The molecule has 2 rings (SSSR count). The van der Waals surface area contributed by atoms with Crippen molar-refractivity contribution in [3.63, 3.8) is 0 Å². The van der Waals surface area contributed by atoms with Gasteiger partial charge >= 0.3 is 0 Å². The summed E-state index contributed by atoms with van der Waals surface area (Å²) in [4.78, 5) is 0. The number of hydrogen-bond donors (Lipinski definition) is 2. The van der Waals surface area contributed by atoms with Gasteiger partial charge in [0.25, 0.3) is 0 Å². The van der Waals surface area contributed by atoms with E-state index in [1.54, 1.807) is 0 Å². The molecule has 0 atom stereocenters. The molecular formula is C13H19BrN2. The lowest BCUT2D eigenvalue weighted by Gasteiger charge is -2.38. The highest BCUT2D eigenvalue weighted by Gasteiger charge is 2.30. The standard InChI is InChI=1S/C13H19BrN2/c1-13(5-2-6-13)9-16-8-10-7-11(15)3-4-12(10)14/h3-4,7,16H,2,5-6,8-9,15H2,1H3. The van der Waals surface area contributed by atoms with Crippen molar-refractivity contribution in [2.24, 2.45) is 5.41 Å². The minimum absolute atomic E-state index is 0.535. The number of nitrogens with one attached hydrogen (secondary N) is 1. The molecule has 0 saturated heterocycles. The van der Waals surface area contributed by atoms with Gasteiger partial charge in [-0.3, -0.25) is 0 Å². The Bertz CT molecular complexity index is 372. The van der Waals surface area contributed by atoms with E-state index in [0.717, 1.165) is 23.2 Å². The van der Waals surface area contributed by atoms with E-state index < -0.39 is 0 Å². The Balaban J connectivity index is 1.87. The topological polar surface area (TPSA) is 38.0 Å². The van der Waals surface area contributed by atoms with Crippen molar-refractivity contribution >= 4 is 21.6 Å². The normalized spacial score (nSPS) is 18.1. The monoisotopic (exact) mass is 282 g/mol. The van der Waals surface area contributed by atoms with Crippen molar-refractivity contribution in [1.29, 1.82) is 0 Å². The highest BCUT2D eigenvalue weighted by molar-refractivity contribution is 9.10. The van der Waals surface area contributed by atoms with Gasteiger partial charge < -0.3 is 11.1 Å². The fourth-order valence-corrected chi connectivity index (χ4v) is 2.57. The number of nitrogens with two attached hydrogens (primary N) is 1. The summed E-state index contributed by atoms with van der Waals surface area (Å²) in [7, 11) is 0. The quantitative estimate of drug-likeness (QED) is 0.832. The van der Waals surface area contributed by atoms with Crippen molar-refractivity contribution in [2.75, 3.05) is 12.3 Å². The van der Waals surface area contributed by atoms with Gasteiger partial charge in [0.05, 0.1) is 0 Å². The molecule has 3 heteroatoms. The van der Waals surface area contributed by atoms with Crippen LogP contribution in [0.2, 0.25) is 0 Å². The van der Waals surface area contributed by atoms with Gasteiger partial charge in [0.1, 0.15) is 0 Å².